The van der Waals surface area contributed by atoms with Crippen molar-refractivity contribution in [2.24, 2.45) is 0 Å². The minimum Gasteiger partial charge on any atom is -0.379 e. The number of nitro groups is 1. The lowest BCUT2D eigenvalue weighted by Gasteiger charge is -2.23. The predicted octanol–water partition coefficient (Wildman–Crippen LogP) is 1.13. The van der Waals surface area contributed by atoms with E-state index in [4.69, 9.17) is 4.74 Å². The van der Waals surface area contributed by atoms with Crippen LogP contribution in [-0.4, -0.2) is 30.7 Å². The third kappa shape index (κ3) is 2.77. The second-order valence-electron chi connectivity index (χ2n) is 3.85. The van der Waals surface area contributed by atoms with Crippen molar-refractivity contribution in [1.29, 1.82) is 0 Å². The van der Waals surface area contributed by atoms with Gasteiger partial charge in [-0.2, -0.15) is 0 Å². The number of morpholine rings is 1. The minimum atomic E-state index is -0.383. The lowest BCUT2D eigenvalue weighted by Crippen LogP contribution is -2.42. The third-order valence-electron chi connectivity index (χ3n) is 2.63. The van der Waals surface area contributed by atoms with Crippen LogP contribution in [0.15, 0.2) is 24.3 Å². The fraction of sp³-hybridized carbons (Fsp3) is 0.455. The van der Waals surface area contributed by atoms with Gasteiger partial charge in [-0.1, -0.05) is 12.1 Å². The molecule has 5 heteroatoms. The molecule has 0 saturated carbocycles. The van der Waals surface area contributed by atoms with E-state index in [-0.39, 0.29) is 10.6 Å². The molecule has 0 aliphatic carbocycles. The van der Waals surface area contributed by atoms with E-state index in [9.17, 15) is 10.1 Å². The first-order valence-corrected chi connectivity index (χ1v) is 5.30. The molecule has 0 amide bonds. The van der Waals surface area contributed by atoms with E-state index in [0.29, 0.717) is 12.6 Å². The van der Waals surface area contributed by atoms with Gasteiger partial charge >= 0.3 is 0 Å². The monoisotopic (exact) mass is 222 g/mol. The molecule has 1 N–H and O–H groups in total. The Morgan fingerprint density at radius 3 is 2.75 bits per heavy atom. The largest absolute Gasteiger partial charge is 0.379 e. The summed E-state index contributed by atoms with van der Waals surface area (Å²) in [5, 5.41) is 13.8. The van der Waals surface area contributed by atoms with Gasteiger partial charge in [0, 0.05) is 24.7 Å². The molecular formula is C11H14N2O3. The molecule has 1 atom stereocenters. The van der Waals surface area contributed by atoms with Gasteiger partial charge in [-0.05, 0) is 12.0 Å². The Labute approximate surface area is 93.6 Å². The van der Waals surface area contributed by atoms with Crippen molar-refractivity contribution in [3.63, 3.8) is 0 Å². The van der Waals surface area contributed by atoms with Crippen LogP contribution in [0.3, 0.4) is 0 Å². The number of hydrogen-bond donors (Lipinski definition) is 1. The number of rotatable bonds is 3. The zero-order valence-corrected chi connectivity index (χ0v) is 8.89. The van der Waals surface area contributed by atoms with Gasteiger partial charge in [0.1, 0.15) is 0 Å². The number of ether oxygens (including phenoxy) is 1. The Bertz CT molecular complexity index is 358. The summed E-state index contributed by atoms with van der Waals surface area (Å²) in [6.07, 6.45) is 0.845. The van der Waals surface area contributed by atoms with E-state index in [2.05, 4.69) is 5.32 Å². The summed E-state index contributed by atoms with van der Waals surface area (Å²) in [4.78, 5) is 10.1. The molecule has 0 spiro atoms. The van der Waals surface area contributed by atoms with Gasteiger partial charge in [-0.3, -0.25) is 10.1 Å². The van der Waals surface area contributed by atoms with Crippen molar-refractivity contribution < 1.29 is 9.66 Å². The summed E-state index contributed by atoms with van der Waals surface area (Å²) >= 11 is 0. The number of non-ortho nitro benzene ring substituents is 1. The molecular weight excluding hydrogens is 208 g/mol. The lowest BCUT2D eigenvalue weighted by atomic mass is 10.1. The van der Waals surface area contributed by atoms with E-state index in [1.807, 2.05) is 0 Å². The number of nitrogens with one attached hydrogen (secondary N) is 1. The van der Waals surface area contributed by atoms with Gasteiger partial charge < -0.3 is 10.1 Å². The molecule has 1 aromatic rings. The number of nitro benzene ring substituents is 1. The zero-order chi connectivity index (χ0) is 11.4. The zero-order valence-electron chi connectivity index (χ0n) is 8.89. The van der Waals surface area contributed by atoms with Gasteiger partial charge in [0.15, 0.2) is 0 Å². The Morgan fingerprint density at radius 2 is 2.19 bits per heavy atom. The maximum Gasteiger partial charge on any atom is 0.269 e. The van der Waals surface area contributed by atoms with Crippen LogP contribution >= 0.6 is 0 Å². The first-order valence-electron chi connectivity index (χ1n) is 5.30. The van der Waals surface area contributed by atoms with Crippen LogP contribution in [0.5, 0.6) is 0 Å². The van der Waals surface area contributed by atoms with Crippen molar-refractivity contribution >= 4 is 5.69 Å². The number of nitrogens with zero attached hydrogens (tertiary/aromatic N) is 1. The summed E-state index contributed by atoms with van der Waals surface area (Å²) in [7, 11) is 0. The van der Waals surface area contributed by atoms with Gasteiger partial charge in [0.2, 0.25) is 0 Å². The van der Waals surface area contributed by atoms with Crippen LogP contribution in [0.2, 0.25) is 0 Å². The van der Waals surface area contributed by atoms with Gasteiger partial charge in [-0.25, -0.2) is 0 Å². The summed E-state index contributed by atoms with van der Waals surface area (Å²) in [6.45, 7) is 2.34. The quantitative estimate of drug-likeness (QED) is 0.615. The van der Waals surface area contributed by atoms with Gasteiger partial charge in [0.25, 0.3) is 5.69 Å². The van der Waals surface area contributed by atoms with Gasteiger partial charge in [0.05, 0.1) is 18.1 Å². The molecule has 0 bridgehead atoms. The number of benzene rings is 1. The topological polar surface area (TPSA) is 64.4 Å². The highest BCUT2D eigenvalue weighted by molar-refractivity contribution is 5.33. The molecule has 5 nitrogen and oxygen atoms in total. The standard InChI is InChI=1S/C11H14N2O3/c14-13(15)11-3-1-9(2-4-11)7-10-8-16-6-5-12-10/h1-4,10,12H,5-8H2. The normalized spacial score (nSPS) is 20.6. The highest BCUT2D eigenvalue weighted by Gasteiger charge is 2.13. The molecule has 0 radical (unpaired) electrons. The number of hydrogen-bond acceptors (Lipinski definition) is 4. The second kappa shape index (κ2) is 5.05. The van der Waals surface area contributed by atoms with Crippen molar-refractivity contribution in [3.8, 4) is 0 Å². The predicted molar refractivity (Wildman–Crippen MR) is 59.4 cm³/mol. The Hall–Kier alpha value is -1.46. The van der Waals surface area contributed by atoms with Crippen molar-refractivity contribution in [3.05, 3.63) is 39.9 Å². The molecule has 1 saturated heterocycles. The van der Waals surface area contributed by atoms with Crippen LogP contribution < -0.4 is 5.32 Å². The van der Waals surface area contributed by atoms with E-state index < -0.39 is 0 Å². The summed E-state index contributed by atoms with van der Waals surface area (Å²) in [6, 6.07) is 7.00. The lowest BCUT2D eigenvalue weighted by molar-refractivity contribution is -0.384. The Kier molecular flexibility index (Phi) is 3.48. The van der Waals surface area contributed by atoms with Crippen LogP contribution in [0.4, 0.5) is 5.69 Å². The highest BCUT2D eigenvalue weighted by atomic mass is 16.6. The van der Waals surface area contributed by atoms with E-state index >= 15 is 0 Å². The van der Waals surface area contributed by atoms with E-state index in [1.165, 1.54) is 0 Å². The molecule has 16 heavy (non-hydrogen) atoms. The van der Waals surface area contributed by atoms with Crippen LogP contribution in [0.25, 0.3) is 0 Å². The SMILES string of the molecule is O=[N+]([O-])c1ccc(CC2COCCN2)cc1. The summed E-state index contributed by atoms with van der Waals surface area (Å²) in [5.74, 6) is 0. The van der Waals surface area contributed by atoms with Crippen molar-refractivity contribution in [2.45, 2.75) is 12.5 Å². The fourth-order valence-electron chi connectivity index (χ4n) is 1.79. The molecule has 1 unspecified atom stereocenters. The maximum absolute atomic E-state index is 10.5. The molecule has 1 aromatic carbocycles. The molecule has 1 aliphatic rings. The fourth-order valence-corrected chi connectivity index (χ4v) is 1.79. The molecule has 1 heterocycles. The average Bonchev–Trinajstić information content (AvgIpc) is 2.31. The summed E-state index contributed by atoms with van der Waals surface area (Å²) < 4.78 is 5.35. The molecule has 0 aromatic heterocycles. The molecule has 1 aliphatic heterocycles. The Morgan fingerprint density at radius 1 is 1.44 bits per heavy atom. The van der Waals surface area contributed by atoms with Crippen molar-refractivity contribution in [1.82, 2.24) is 5.32 Å². The highest BCUT2D eigenvalue weighted by Crippen LogP contribution is 2.13. The smallest absolute Gasteiger partial charge is 0.269 e. The van der Waals surface area contributed by atoms with E-state index in [1.54, 1.807) is 24.3 Å². The molecule has 1 fully saturated rings. The van der Waals surface area contributed by atoms with Crippen molar-refractivity contribution in [2.75, 3.05) is 19.8 Å². The Balaban J connectivity index is 1.96. The van der Waals surface area contributed by atoms with E-state index in [0.717, 1.165) is 25.1 Å². The van der Waals surface area contributed by atoms with Gasteiger partial charge in [-0.15, -0.1) is 0 Å². The third-order valence-corrected chi connectivity index (χ3v) is 2.63. The maximum atomic E-state index is 10.5. The first kappa shape index (κ1) is 11.0. The van der Waals surface area contributed by atoms with Crippen LogP contribution in [0.1, 0.15) is 5.56 Å². The summed E-state index contributed by atoms with van der Waals surface area (Å²) in [5.41, 5.74) is 1.23. The molecule has 2 rings (SSSR count). The molecule has 86 valence electrons. The minimum absolute atomic E-state index is 0.136. The van der Waals surface area contributed by atoms with Crippen LogP contribution in [0, 0.1) is 10.1 Å². The second-order valence-corrected chi connectivity index (χ2v) is 3.85. The first-order chi connectivity index (χ1) is 7.75. The average molecular weight is 222 g/mol. The van der Waals surface area contributed by atoms with Crippen LogP contribution in [-0.2, 0) is 11.2 Å².